The molecule has 0 bridgehead atoms. The van der Waals surface area contributed by atoms with Gasteiger partial charge in [0.2, 0.25) is 0 Å². The van der Waals surface area contributed by atoms with Crippen LogP contribution in [0.1, 0.15) is 116 Å². The minimum atomic E-state index is -0.281. The van der Waals surface area contributed by atoms with Crippen LogP contribution in [-0.4, -0.2) is 42.7 Å². The number of hydrogen-bond acceptors (Lipinski definition) is 6. The highest BCUT2D eigenvalue weighted by molar-refractivity contribution is 6.09. The molecule has 1 heterocycles. The summed E-state index contributed by atoms with van der Waals surface area (Å²) < 4.78 is 5.51. The number of nitrogens with zero attached hydrogens (tertiary/aromatic N) is 2. The quantitative estimate of drug-likeness (QED) is 0.136. The number of unbranched alkanes of at least 4 members (excludes halogenated alkanes) is 5. The van der Waals surface area contributed by atoms with Gasteiger partial charge in [0.05, 0.1) is 19.2 Å². The predicted octanol–water partition coefficient (Wildman–Crippen LogP) is 6.59. The number of fused-ring (bicyclic) bond motifs is 1. The van der Waals surface area contributed by atoms with E-state index in [4.69, 9.17) is 10.5 Å². The van der Waals surface area contributed by atoms with Gasteiger partial charge in [0, 0.05) is 30.3 Å². The predicted molar refractivity (Wildman–Crippen MR) is 157 cm³/mol. The number of carbonyl (C=O) groups is 2. The van der Waals surface area contributed by atoms with Crippen LogP contribution in [0.5, 0.6) is 0 Å². The minimum Gasteiger partial charge on any atom is -0.466 e. The van der Waals surface area contributed by atoms with E-state index in [1.165, 1.54) is 50.5 Å². The van der Waals surface area contributed by atoms with Gasteiger partial charge in [-0.3, -0.25) is 14.6 Å². The Morgan fingerprint density at radius 1 is 0.974 bits per heavy atom. The Kier molecular flexibility index (Phi) is 11.1. The summed E-state index contributed by atoms with van der Waals surface area (Å²) in [5.74, 6) is -0.160. The molecule has 0 aromatic heterocycles. The van der Waals surface area contributed by atoms with Crippen molar-refractivity contribution in [3.8, 4) is 0 Å². The molecule has 6 nitrogen and oxygen atoms in total. The van der Waals surface area contributed by atoms with E-state index in [0.29, 0.717) is 24.2 Å². The second-order valence-corrected chi connectivity index (χ2v) is 11.1. The molecule has 210 valence electrons. The minimum absolute atomic E-state index is 0.0232. The van der Waals surface area contributed by atoms with Crippen LogP contribution in [0, 0.1) is 5.92 Å². The number of nitrogens with two attached hydrogens (primary N) is 1. The summed E-state index contributed by atoms with van der Waals surface area (Å²) in [6.07, 6.45) is 14.6. The molecule has 4 rings (SSSR count). The molecule has 6 heteroatoms. The Morgan fingerprint density at radius 3 is 2.46 bits per heavy atom. The van der Waals surface area contributed by atoms with Gasteiger partial charge >= 0.3 is 5.97 Å². The van der Waals surface area contributed by atoms with Gasteiger partial charge in [0.1, 0.15) is 0 Å². The van der Waals surface area contributed by atoms with Crippen LogP contribution in [0.3, 0.4) is 0 Å². The van der Waals surface area contributed by atoms with E-state index < -0.39 is 0 Å². The number of ether oxygens (including phenoxy) is 1. The van der Waals surface area contributed by atoms with E-state index in [-0.39, 0.29) is 23.7 Å². The van der Waals surface area contributed by atoms with Crippen LogP contribution >= 0.6 is 0 Å². The summed E-state index contributed by atoms with van der Waals surface area (Å²) in [6.45, 7) is 4.72. The molecule has 2 aliphatic rings. The maximum absolute atomic E-state index is 13.3. The van der Waals surface area contributed by atoms with E-state index in [9.17, 15) is 9.59 Å². The molecular formula is C33H45N3O3. The molecule has 1 aliphatic heterocycles. The highest BCUT2D eigenvalue weighted by Crippen LogP contribution is 2.36. The lowest BCUT2D eigenvalue weighted by Crippen LogP contribution is -2.30. The Balaban J connectivity index is 1.31. The largest absolute Gasteiger partial charge is 0.466 e. The Hall–Kier alpha value is -2.99. The van der Waals surface area contributed by atoms with Gasteiger partial charge in [-0.25, -0.2) is 0 Å². The van der Waals surface area contributed by atoms with E-state index in [1.54, 1.807) is 0 Å². The highest BCUT2D eigenvalue weighted by Gasteiger charge is 2.29. The van der Waals surface area contributed by atoms with Crippen LogP contribution in [0.4, 0.5) is 0 Å². The highest BCUT2D eigenvalue weighted by atomic mass is 16.5. The first-order valence-electron chi connectivity index (χ1n) is 15.0. The van der Waals surface area contributed by atoms with Crippen molar-refractivity contribution in [2.24, 2.45) is 16.8 Å². The number of hydrazone groups is 1. The van der Waals surface area contributed by atoms with Crippen molar-refractivity contribution in [1.82, 2.24) is 5.01 Å². The second kappa shape index (κ2) is 15.0. The lowest BCUT2D eigenvalue weighted by atomic mass is 9.77. The van der Waals surface area contributed by atoms with Crippen molar-refractivity contribution >= 4 is 18.0 Å². The zero-order valence-corrected chi connectivity index (χ0v) is 23.6. The van der Waals surface area contributed by atoms with E-state index in [2.05, 4.69) is 17.0 Å². The Labute approximate surface area is 234 Å². The molecule has 1 aliphatic carbocycles. The summed E-state index contributed by atoms with van der Waals surface area (Å²) >= 11 is 0. The third kappa shape index (κ3) is 8.50. The van der Waals surface area contributed by atoms with Crippen molar-refractivity contribution in [2.45, 2.75) is 90.0 Å². The van der Waals surface area contributed by atoms with Gasteiger partial charge in [-0.1, -0.05) is 75.4 Å². The van der Waals surface area contributed by atoms with Crippen molar-refractivity contribution in [2.75, 3.05) is 19.7 Å². The molecule has 1 saturated heterocycles. The van der Waals surface area contributed by atoms with Crippen LogP contribution in [0.2, 0.25) is 0 Å². The average Bonchev–Trinajstić information content (AvgIpc) is 2.97. The maximum atomic E-state index is 13.3. The van der Waals surface area contributed by atoms with Crippen LogP contribution in [-0.2, 0) is 16.0 Å². The van der Waals surface area contributed by atoms with Crippen LogP contribution in [0.25, 0.3) is 0 Å². The number of hydrogen-bond donors (Lipinski definition) is 1. The number of rotatable bonds is 13. The van der Waals surface area contributed by atoms with Crippen LogP contribution < -0.4 is 5.73 Å². The molecular weight excluding hydrogens is 486 g/mol. The van der Waals surface area contributed by atoms with Gasteiger partial charge in [-0.05, 0) is 67.2 Å². The van der Waals surface area contributed by atoms with E-state index in [1.807, 2.05) is 48.7 Å². The van der Waals surface area contributed by atoms with E-state index >= 15 is 0 Å². The molecule has 0 saturated carbocycles. The second-order valence-electron chi connectivity index (χ2n) is 11.1. The molecule has 0 amide bonds. The summed E-state index contributed by atoms with van der Waals surface area (Å²) in [5.41, 5.74) is 11.0. The SMILES string of the molecule is CCCCCCCCOC(=O)CC1CCc2ccc(C(=O)c3ccc(C=NN4CCCCC4)cc3)cc2C1N. The summed E-state index contributed by atoms with van der Waals surface area (Å²) in [7, 11) is 0. The van der Waals surface area contributed by atoms with Gasteiger partial charge in [-0.15, -0.1) is 0 Å². The summed E-state index contributed by atoms with van der Waals surface area (Å²) in [6, 6.07) is 13.2. The fourth-order valence-corrected chi connectivity index (χ4v) is 5.65. The molecule has 0 radical (unpaired) electrons. The number of aryl methyl sites for hydroxylation is 1. The first kappa shape index (κ1) is 29.0. The lowest BCUT2D eigenvalue weighted by molar-refractivity contribution is -0.145. The van der Waals surface area contributed by atoms with Gasteiger partial charge in [0.15, 0.2) is 5.78 Å². The third-order valence-electron chi connectivity index (χ3n) is 8.12. The standard InChI is InChI=1S/C33H45N3O3/c1-2-3-4-5-6-10-21-39-31(37)23-28-17-15-26-16-18-29(22-30(26)32(28)34)33(38)27-13-11-25(12-14-27)24-35-36-19-8-7-9-20-36/h11-14,16,18,22,24,28,32H,2-10,15,17,19-21,23,34H2,1H3. The molecule has 1 fully saturated rings. The van der Waals surface area contributed by atoms with Crippen LogP contribution in [0.15, 0.2) is 47.6 Å². The number of benzene rings is 2. The van der Waals surface area contributed by atoms with Crippen molar-refractivity contribution in [3.05, 3.63) is 70.3 Å². The average molecular weight is 532 g/mol. The number of carbonyl (C=O) groups excluding carboxylic acids is 2. The van der Waals surface area contributed by atoms with Gasteiger partial charge in [-0.2, -0.15) is 5.10 Å². The third-order valence-corrected chi connectivity index (χ3v) is 8.12. The normalized spacial score (nSPS) is 19.2. The molecule has 2 unspecified atom stereocenters. The first-order chi connectivity index (χ1) is 19.0. The van der Waals surface area contributed by atoms with E-state index in [0.717, 1.165) is 49.9 Å². The lowest BCUT2D eigenvalue weighted by Gasteiger charge is -2.31. The fourth-order valence-electron chi connectivity index (χ4n) is 5.65. The zero-order valence-electron chi connectivity index (χ0n) is 23.6. The smallest absolute Gasteiger partial charge is 0.306 e. The summed E-state index contributed by atoms with van der Waals surface area (Å²) in [4.78, 5) is 25.8. The van der Waals surface area contributed by atoms with Gasteiger partial charge in [0.25, 0.3) is 0 Å². The molecule has 0 spiro atoms. The van der Waals surface area contributed by atoms with Crippen molar-refractivity contribution < 1.29 is 14.3 Å². The number of piperidine rings is 1. The Morgan fingerprint density at radius 2 is 1.69 bits per heavy atom. The zero-order chi connectivity index (χ0) is 27.5. The number of ketones is 1. The first-order valence-corrected chi connectivity index (χ1v) is 15.0. The monoisotopic (exact) mass is 531 g/mol. The Bertz CT molecular complexity index is 1110. The molecule has 2 N–H and O–H groups in total. The molecule has 2 aromatic carbocycles. The fraction of sp³-hybridized carbons (Fsp3) is 0.545. The summed E-state index contributed by atoms with van der Waals surface area (Å²) in [5, 5.41) is 6.69. The molecule has 39 heavy (non-hydrogen) atoms. The van der Waals surface area contributed by atoms with Crippen molar-refractivity contribution in [3.63, 3.8) is 0 Å². The van der Waals surface area contributed by atoms with Crippen molar-refractivity contribution in [1.29, 1.82) is 0 Å². The van der Waals surface area contributed by atoms with Gasteiger partial charge < -0.3 is 10.5 Å². The molecule has 2 aromatic rings. The topological polar surface area (TPSA) is 85.0 Å². The number of esters is 1. The molecule has 2 atom stereocenters. The maximum Gasteiger partial charge on any atom is 0.306 e.